The van der Waals surface area contributed by atoms with Crippen molar-refractivity contribution in [2.45, 2.75) is 12.5 Å². The largest absolute Gasteiger partial charge is 0.369 e. The number of rotatable bonds is 2. The number of nitrogens with one attached hydrogen (secondary N) is 1. The van der Waals surface area contributed by atoms with E-state index in [0.717, 1.165) is 19.5 Å². The quantitative estimate of drug-likeness (QED) is 0.561. The molecule has 2 atom stereocenters. The maximum atomic E-state index is 11.0. The van der Waals surface area contributed by atoms with E-state index in [-0.39, 0.29) is 17.9 Å². The minimum atomic E-state index is -0.194. The van der Waals surface area contributed by atoms with Gasteiger partial charge in [0.25, 0.3) is 0 Å². The van der Waals surface area contributed by atoms with Gasteiger partial charge in [-0.05, 0) is 27.1 Å². The summed E-state index contributed by atoms with van der Waals surface area (Å²) in [7, 11) is 3.90. The second-order valence-electron chi connectivity index (χ2n) is 3.45. The fourth-order valence-electron chi connectivity index (χ4n) is 1.75. The summed E-state index contributed by atoms with van der Waals surface area (Å²) < 4.78 is 0. The first kappa shape index (κ1) is 9.48. The van der Waals surface area contributed by atoms with E-state index in [4.69, 9.17) is 5.73 Å². The van der Waals surface area contributed by atoms with Crippen LogP contribution in [0.1, 0.15) is 6.42 Å². The molecular weight excluding hydrogens is 154 g/mol. The lowest BCUT2D eigenvalue weighted by atomic mass is 9.92. The van der Waals surface area contributed by atoms with Crippen molar-refractivity contribution in [3.05, 3.63) is 0 Å². The van der Waals surface area contributed by atoms with Gasteiger partial charge in [-0.3, -0.25) is 4.79 Å². The molecule has 0 aromatic rings. The van der Waals surface area contributed by atoms with Crippen LogP contribution in [0.3, 0.4) is 0 Å². The third kappa shape index (κ3) is 1.95. The summed E-state index contributed by atoms with van der Waals surface area (Å²) in [6, 6.07) is 0.263. The van der Waals surface area contributed by atoms with E-state index in [0.29, 0.717) is 0 Å². The second-order valence-corrected chi connectivity index (χ2v) is 3.45. The topological polar surface area (TPSA) is 58.4 Å². The van der Waals surface area contributed by atoms with Crippen LogP contribution in [0.25, 0.3) is 0 Å². The molecule has 1 fully saturated rings. The number of hydrogen-bond donors (Lipinski definition) is 2. The zero-order valence-electron chi connectivity index (χ0n) is 7.71. The van der Waals surface area contributed by atoms with Crippen LogP contribution in [0.15, 0.2) is 0 Å². The molecule has 1 heterocycles. The normalized spacial score (nSPS) is 31.8. The van der Waals surface area contributed by atoms with Crippen LogP contribution in [0, 0.1) is 5.92 Å². The highest BCUT2D eigenvalue weighted by Crippen LogP contribution is 2.14. The van der Waals surface area contributed by atoms with E-state index in [1.54, 1.807) is 0 Å². The first-order valence-corrected chi connectivity index (χ1v) is 4.30. The Bertz CT molecular complexity index is 172. The Morgan fingerprint density at radius 3 is 2.83 bits per heavy atom. The van der Waals surface area contributed by atoms with Crippen molar-refractivity contribution < 1.29 is 4.79 Å². The number of primary amides is 1. The van der Waals surface area contributed by atoms with Gasteiger partial charge in [-0.15, -0.1) is 0 Å². The van der Waals surface area contributed by atoms with Gasteiger partial charge in [0.1, 0.15) is 0 Å². The highest BCUT2D eigenvalue weighted by atomic mass is 16.1. The maximum Gasteiger partial charge on any atom is 0.223 e. The fraction of sp³-hybridized carbons (Fsp3) is 0.875. The molecule has 0 spiro atoms. The van der Waals surface area contributed by atoms with Gasteiger partial charge in [-0.1, -0.05) is 0 Å². The Balaban J connectivity index is 2.58. The zero-order chi connectivity index (χ0) is 9.14. The Hall–Kier alpha value is -0.610. The Morgan fingerprint density at radius 1 is 1.67 bits per heavy atom. The van der Waals surface area contributed by atoms with Crippen LogP contribution in [0.2, 0.25) is 0 Å². The summed E-state index contributed by atoms with van der Waals surface area (Å²) >= 11 is 0. The van der Waals surface area contributed by atoms with Gasteiger partial charge in [0.15, 0.2) is 0 Å². The van der Waals surface area contributed by atoms with Crippen molar-refractivity contribution in [1.82, 2.24) is 10.2 Å². The number of likely N-dealkylation sites (tertiary alicyclic amines) is 1. The van der Waals surface area contributed by atoms with Gasteiger partial charge >= 0.3 is 0 Å². The molecule has 1 amide bonds. The van der Waals surface area contributed by atoms with Crippen LogP contribution >= 0.6 is 0 Å². The molecule has 2 unspecified atom stereocenters. The van der Waals surface area contributed by atoms with E-state index >= 15 is 0 Å². The zero-order valence-corrected chi connectivity index (χ0v) is 7.71. The lowest BCUT2D eigenvalue weighted by Crippen LogP contribution is -2.51. The summed E-state index contributed by atoms with van der Waals surface area (Å²) in [5.41, 5.74) is 5.29. The lowest BCUT2D eigenvalue weighted by molar-refractivity contribution is -0.124. The Labute approximate surface area is 73.1 Å². The predicted octanol–water partition coefficient (Wildman–Crippen LogP) is -0.989. The highest BCUT2D eigenvalue weighted by molar-refractivity contribution is 5.77. The number of carbonyl (C=O) groups is 1. The number of nitrogens with zero attached hydrogens (tertiary/aromatic N) is 1. The van der Waals surface area contributed by atoms with Crippen molar-refractivity contribution in [2.24, 2.45) is 11.7 Å². The smallest absolute Gasteiger partial charge is 0.223 e. The standard InChI is InChI=1S/C8H17N3O/c1-10-7-3-4-11(2)5-6(7)8(9)12/h6-7,10H,3-5H2,1-2H3,(H2,9,12). The molecule has 4 heteroatoms. The molecule has 1 saturated heterocycles. The van der Waals surface area contributed by atoms with Crippen LogP contribution in [0.4, 0.5) is 0 Å². The molecule has 0 radical (unpaired) electrons. The summed E-state index contributed by atoms with van der Waals surface area (Å²) in [4.78, 5) is 13.2. The van der Waals surface area contributed by atoms with E-state index < -0.39 is 0 Å². The minimum Gasteiger partial charge on any atom is -0.369 e. The molecule has 4 nitrogen and oxygen atoms in total. The molecular formula is C8H17N3O. The highest BCUT2D eigenvalue weighted by Gasteiger charge is 2.30. The summed E-state index contributed by atoms with van der Waals surface area (Å²) in [6.45, 7) is 1.82. The third-order valence-corrected chi connectivity index (χ3v) is 2.55. The van der Waals surface area contributed by atoms with Crippen LogP contribution in [-0.4, -0.2) is 44.0 Å². The average Bonchev–Trinajstić information content (AvgIpc) is 2.04. The average molecular weight is 171 g/mol. The van der Waals surface area contributed by atoms with Crippen molar-refractivity contribution in [1.29, 1.82) is 0 Å². The van der Waals surface area contributed by atoms with Gasteiger partial charge < -0.3 is 16.0 Å². The summed E-state index contributed by atoms with van der Waals surface area (Å²) in [5, 5.41) is 3.13. The van der Waals surface area contributed by atoms with E-state index in [2.05, 4.69) is 10.2 Å². The molecule has 0 aliphatic carbocycles. The Morgan fingerprint density at radius 2 is 2.33 bits per heavy atom. The molecule has 0 saturated carbocycles. The number of amides is 1. The SMILES string of the molecule is CNC1CCN(C)CC1C(N)=O. The second kappa shape index (κ2) is 3.87. The number of nitrogens with two attached hydrogens (primary N) is 1. The number of carbonyl (C=O) groups excluding carboxylic acids is 1. The number of hydrogen-bond acceptors (Lipinski definition) is 3. The third-order valence-electron chi connectivity index (χ3n) is 2.55. The molecule has 3 N–H and O–H groups in total. The molecule has 1 rings (SSSR count). The van der Waals surface area contributed by atoms with Gasteiger partial charge in [-0.2, -0.15) is 0 Å². The molecule has 70 valence electrons. The summed E-state index contributed by atoms with van der Waals surface area (Å²) in [6.07, 6.45) is 1.00. The Kier molecular flexibility index (Phi) is 3.05. The lowest BCUT2D eigenvalue weighted by Gasteiger charge is -2.34. The maximum absolute atomic E-state index is 11.0. The molecule has 12 heavy (non-hydrogen) atoms. The molecule has 0 aromatic carbocycles. The summed E-state index contributed by atoms with van der Waals surface area (Å²) in [5.74, 6) is -0.227. The van der Waals surface area contributed by atoms with E-state index in [1.165, 1.54) is 0 Å². The number of piperidine rings is 1. The van der Waals surface area contributed by atoms with Gasteiger partial charge in [0, 0.05) is 12.6 Å². The van der Waals surface area contributed by atoms with E-state index in [9.17, 15) is 4.79 Å². The fourth-order valence-corrected chi connectivity index (χ4v) is 1.75. The van der Waals surface area contributed by atoms with Crippen molar-refractivity contribution >= 4 is 5.91 Å². The van der Waals surface area contributed by atoms with Gasteiger partial charge in [-0.25, -0.2) is 0 Å². The van der Waals surface area contributed by atoms with E-state index in [1.807, 2.05) is 14.1 Å². The molecule has 1 aliphatic rings. The van der Waals surface area contributed by atoms with Crippen molar-refractivity contribution in [3.8, 4) is 0 Å². The van der Waals surface area contributed by atoms with Gasteiger partial charge in [0.2, 0.25) is 5.91 Å². The molecule has 1 aliphatic heterocycles. The van der Waals surface area contributed by atoms with Crippen LogP contribution in [-0.2, 0) is 4.79 Å². The van der Waals surface area contributed by atoms with Crippen LogP contribution in [0.5, 0.6) is 0 Å². The van der Waals surface area contributed by atoms with Crippen LogP contribution < -0.4 is 11.1 Å². The monoisotopic (exact) mass is 171 g/mol. The first-order chi connectivity index (χ1) is 5.65. The minimum absolute atomic E-state index is 0.0336. The first-order valence-electron chi connectivity index (χ1n) is 4.30. The van der Waals surface area contributed by atoms with Crippen molar-refractivity contribution in [2.75, 3.05) is 27.2 Å². The molecule has 0 bridgehead atoms. The predicted molar refractivity (Wildman–Crippen MR) is 47.6 cm³/mol. The van der Waals surface area contributed by atoms with Gasteiger partial charge in [0.05, 0.1) is 5.92 Å². The van der Waals surface area contributed by atoms with Crippen molar-refractivity contribution in [3.63, 3.8) is 0 Å². The molecule has 0 aromatic heterocycles.